The summed E-state index contributed by atoms with van der Waals surface area (Å²) in [7, 11) is 0. The number of hydrogen-bond donors (Lipinski definition) is 2. The van der Waals surface area contributed by atoms with Gasteiger partial charge in [0, 0.05) is 23.8 Å². The second-order valence-electron chi connectivity index (χ2n) is 8.76. The number of anilines is 1. The van der Waals surface area contributed by atoms with Crippen molar-refractivity contribution in [2.24, 2.45) is 11.8 Å². The molecule has 0 radical (unpaired) electrons. The minimum atomic E-state index is -0.600. The molecule has 0 unspecified atom stereocenters. The Bertz CT molecular complexity index is 856. The third-order valence-electron chi connectivity index (χ3n) is 5.80. The summed E-state index contributed by atoms with van der Waals surface area (Å²) < 4.78 is 5.52. The van der Waals surface area contributed by atoms with Crippen molar-refractivity contribution < 1.29 is 19.1 Å². The Morgan fingerprint density at radius 3 is 2.45 bits per heavy atom. The van der Waals surface area contributed by atoms with Gasteiger partial charge in [-0.2, -0.15) is 0 Å². The molecule has 3 amide bonds. The van der Waals surface area contributed by atoms with Crippen LogP contribution in [0, 0.1) is 11.8 Å². The Morgan fingerprint density at radius 1 is 1.23 bits per heavy atom. The monoisotopic (exact) mass is 427 g/mol. The fraction of sp³-hybridized carbons (Fsp3) is 0.542. The number of ether oxygens (including phenoxy) is 1. The molecule has 2 N–H and O–H groups in total. The molecule has 0 spiro atoms. The van der Waals surface area contributed by atoms with E-state index in [0.29, 0.717) is 30.1 Å². The molecule has 168 valence electrons. The predicted molar refractivity (Wildman–Crippen MR) is 119 cm³/mol. The summed E-state index contributed by atoms with van der Waals surface area (Å²) in [5.41, 5.74) is 2.54. The molecule has 7 heteroatoms. The number of amides is 3. The third-order valence-corrected chi connectivity index (χ3v) is 5.80. The molecular weight excluding hydrogens is 394 g/mol. The lowest BCUT2D eigenvalue weighted by Crippen LogP contribution is -2.48. The van der Waals surface area contributed by atoms with Gasteiger partial charge in [-0.15, -0.1) is 0 Å². The molecule has 1 aromatic rings. The van der Waals surface area contributed by atoms with E-state index in [0.717, 1.165) is 31.2 Å². The van der Waals surface area contributed by atoms with Crippen molar-refractivity contribution in [3.05, 3.63) is 41.1 Å². The molecular formula is C24H33N3O4. The smallest absolute Gasteiger partial charge is 0.338 e. The molecule has 1 aliphatic carbocycles. The summed E-state index contributed by atoms with van der Waals surface area (Å²) >= 11 is 0. The number of rotatable bonds is 8. The van der Waals surface area contributed by atoms with Crippen LogP contribution in [-0.4, -0.2) is 36.0 Å². The minimum Gasteiger partial charge on any atom is -0.462 e. The number of hydrogen-bond acceptors (Lipinski definition) is 4. The number of carbonyl (C=O) groups is 3. The van der Waals surface area contributed by atoms with Gasteiger partial charge in [0.05, 0.1) is 18.2 Å². The van der Waals surface area contributed by atoms with Crippen LogP contribution >= 0.6 is 0 Å². The van der Waals surface area contributed by atoms with Crippen LogP contribution in [0.25, 0.3) is 0 Å². The van der Waals surface area contributed by atoms with Crippen molar-refractivity contribution in [2.45, 2.75) is 59.4 Å². The highest BCUT2D eigenvalue weighted by Crippen LogP contribution is 2.32. The zero-order chi connectivity index (χ0) is 22.5. The zero-order valence-electron chi connectivity index (χ0n) is 18.9. The van der Waals surface area contributed by atoms with E-state index in [9.17, 15) is 14.4 Å². The van der Waals surface area contributed by atoms with E-state index in [4.69, 9.17) is 4.74 Å². The Hall–Kier alpha value is -2.83. The Morgan fingerprint density at radius 2 is 1.90 bits per heavy atom. The molecule has 7 nitrogen and oxygen atoms in total. The fourth-order valence-electron chi connectivity index (χ4n) is 3.78. The average Bonchev–Trinajstić information content (AvgIpc) is 2.68. The molecule has 1 fully saturated rings. The van der Waals surface area contributed by atoms with E-state index in [-0.39, 0.29) is 23.8 Å². The van der Waals surface area contributed by atoms with Crippen molar-refractivity contribution in [3.63, 3.8) is 0 Å². The van der Waals surface area contributed by atoms with Gasteiger partial charge in [0.2, 0.25) is 5.91 Å². The van der Waals surface area contributed by atoms with Gasteiger partial charge in [-0.1, -0.05) is 39.3 Å². The maximum absolute atomic E-state index is 13.0. The number of esters is 1. The zero-order valence-corrected chi connectivity index (χ0v) is 18.9. The normalized spacial score (nSPS) is 19.2. The highest BCUT2D eigenvalue weighted by Gasteiger charge is 2.36. The second-order valence-corrected chi connectivity index (χ2v) is 8.76. The summed E-state index contributed by atoms with van der Waals surface area (Å²) in [5.74, 6) is -0.0462. The number of carbonyl (C=O) groups excluding carboxylic acids is 3. The summed E-state index contributed by atoms with van der Waals surface area (Å²) in [6.45, 7) is 8.58. The van der Waals surface area contributed by atoms with E-state index in [1.54, 1.807) is 11.8 Å². The highest BCUT2D eigenvalue weighted by molar-refractivity contribution is 5.95. The van der Waals surface area contributed by atoms with E-state index in [2.05, 4.69) is 10.6 Å². The van der Waals surface area contributed by atoms with Crippen LogP contribution in [0.2, 0.25) is 0 Å². The van der Waals surface area contributed by atoms with Gasteiger partial charge in [-0.05, 0) is 49.8 Å². The molecule has 1 saturated carbocycles. The van der Waals surface area contributed by atoms with Crippen LogP contribution in [0.15, 0.2) is 35.5 Å². The summed E-state index contributed by atoms with van der Waals surface area (Å²) in [6, 6.07) is 6.45. The van der Waals surface area contributed by atoms with Crippen LogP contribution in [0.4, 0.5) is 10.5 Å². The lowest BCUT2D eigenvalue weighted by molar-refractivity contribution is -0.140. The molecule has 0 aromatic heterocycles. The van der Waals surface area contributed by atoms with E-state index in [1.807, 2.05) is 45.0 Å². The van der Waals surface area contributed by atoms with Crippen LogP contribution in [-0.2, 0) is 14.3 Å². The Kier molecular flexibility index (Phi) is 7.36. The molecule has 1 aliphatic heterocycles. The van der Waals surface area contributed by atoms with Gasteiger partial charge >= 0.3 is 12.0 Å². The predicted octanol–water partition coefficient (Wildman–Crippen LogP) is 4.37. The quantitative estimate of drug-likeness (QED) is 0.603. The highest BCUT2D eigenvalue weighted by atomic mass is 16.5. The molecule has 0 bridgehead atoms. The van der Waals surface area contributed by atoms with E-state index < -0.39 is 12.0 Å². The minimum absolute atomic E-state index is 0.0499. The second kappa shape index (κ2) is 9.98. The number of nitrogens with zero attached hydrogens (tertiary/aromatic N) is 1. The topological polar surface area (TPSA) is 87.7 Å². The first-order chi connectivity index (χ1) is 14.8. The number of allylic oxidation sites excluding steroid dienone is 1. The van der Waals surface area contributed by atoms with Gasteiger partial charge in [-0.3, -0.25) is 9.69 Å². The first-order valence-corrected chi connectivity index (χ1v) is 11.2. The maximum atomic E-state index is 13.0. The van der Waals surface area contributed by atoms with Crippen LogP contribution < -0.4 is 10.6 Å². The maximum Gasteiger partial charge on any atom is 0.338 e. The largest absolute Gasteiger partial charge is 0.462 e. The third kappa shape index (κ3) is 5.27. The fourth-order valence-corrected chi connectivity index (χ4v) is 3.78. The molecule has 1 heterocycles. The van der Waals surface area contributed by atoms with E-state index >= 15 is 0 Å². The van der Waals surface area contributed by atoms with Crippen molar-refractivity contribution in [2.75, 3.05) is 18.5 Å². The van der Waals surface area contributed by atoms with Crippen molar-refractivity contribution >= 4 is 23.6 Å². The van der Waals surface area contributed by atoms with Crippen LogP contribution in [0.3, 0.4) is 0 Å². The van der Waals surface area contributed by atoms with Crippen LogP contribution in [0.5, 0.6) is 0 Å². The summed E-state index contributed by atoms with van der Waals surface area (Å²) in [5, 5.41) is 5.90. The van der Waals surface area contributed by atoms with Crippen molar-refractivity contribution in [3.8, 4) is 0 Å². The van der Waals surface area contributed by atoms with Gasteiger partial charge in [0.1, 0.15) is 0 Å². The first-order valence-electron chi connectivity index (χ1n) is 11.2. The molecule has 1 aromatic carbocycles. The van der Waals surface area contributed by atoms with E-state index in [1.165, 1.54) is 0 Å². The van der Waals surface area contributed by atoms with Crippen LogP contribution in [0.1, 0.15) is 65.0 Å². The van der Waals surface area contributed by atoms with Gasteiger partial charge in [-0.25, -0.2) is 9.59 Å². The summed E-state index contributed by atoms with van der Waals surface area (Å²) in [6.07, 6.45) is 3.77. The van der Waals surface area contributed by atoms with Gasteiger partial charge < -0.3 is 15.4 Å². The summed E-state index contributed by atoms with van der Waals surface area (Å²) in [4.78, 5) is 39.5. The standard InChI is InChI=1S/C24H33N3O4/c1-5-13-27-16(4)20(23(29)31-14-15(2)3)21(26-24(27)30)17-9-11-19(12-10-17)25-22(28)18-7-6-8-18/h9-12,15,18,21H,5-8,13-14H2,1-4H3,(H,25,28)(H,26,30)/t21-/m0/s1. The SMILES string of the molecule is CCCN1C(=O)N[C@@H](c2ccc(NC(=O)C3CCC3)cc2)C(C(=O)OCC(C)C)=C1C. The van der Waals surface area contributed by atoms with Gasteiger partial charge in [0.15, 0.2) is 0 Å². The first kappa shape index (κ1) is 22.8. The molecule has 0 saturated heterocycles. The molecule has 2 aliphatic rings. The average molecular weight is 428 g/mol. The number of nitrogens with one attached hydrogen (secondary N) is 2. The molecule has 3 rings (SSSR count). The van der Waals surface area contributed by atoms with Crippen molar-refractivity contribution in [1.29, 1.82) is 0 Å². The molecule has 1 atom stereocenters. The van der Waals surface area contributed by atoms with Crippen molar-refractivity contribution in [1.82, 2.24) is 10.2 Å². The Labute approximate surface area is 184 Å². The Balaban J connectivity index is 1.84. The number of benzene rings is 1. The lowest BCUT2D eigenvalue weighted by atomic mass is 9.85. The molecule has 31 heavy (non-hydrogen) atoms. The van der Waals surface area contributed by atoms with Gasteiger partial charge in [0.25, 0.3) is 0 Å². The lowest BCUT2D eigenvalue weighted by Gasteiger charge is -2.35. The number of urea groups is 1.